The second kappa shape index (κ2) is 6.04. The fourth-order valence-corrected chi connectivity index (χ4v) is 1.75. The molecule has 0 bridgehead atoms. The van der Waals surface area contributed by atoms with Crippen molar-refractivity contribution < 1.29 is 4.74 Å². The number of aromatic nitrogens is 2. The highest BCUT2D eigenvalue weighted by atomic mass is 16.5. The molecule has 0 saturated carbocycles. The third-order valence-electron chi connectivity index (χ3n) is 2.78. The molecule has 1 aromatic heterocycles. The summed E-state index contributed by atoms with van der Waals surface area (Å²) < 4.78 is 5.50. The summed E-state index contributed by atoms with van der Waals surface area (Å²) in [5.74, 6) is 0.983. The molecule has 0 spiro atoms. The summed E-state index contributed by atoms with van der Waals surface area (Å²) in [5.41, 5.74) is 7.43. The van der Waals surface area contributed by atoms with Gasteiger partial charge in [0, 0.05) is 18.5 Å². The molecule has 3 N–H and O–H groups in total. The van der Waals surface area contributed by atoms with Gasteiger partial charge in [0.15, 0.2) is 0 Å². The molecule has 2 aromatic rings. The average Bonchev–Trinajstić information content (AvgIpc) is 2.40. The Bertz CT molecular complexity index is 608. The summed E-state index contributed by atoms with van der Waals surface area (Å²) >= 11 is 0. The van der Waals surface area contributed by atoms with Crippen LogP contribution in [-0.4, -0.2) is 16.6 Å². The number of benzene rings is 1. The van der Waals surface area contributed by atoms with Crippen LogP contribution in [0.15, 0.2) is 35.1 Å². The normalized spacial score (nSPS) is 10.4. The lowest BCUT2D eigenvalue weighted by atomic mass is 10.1. The minimum absolute atomic E-state index is 0.193. The van der Waals surface area contributed by atoms with E-state index in [4.69, 9.17) is 10.5 Å². The number of aromatic amines is 1. The van der Waals surface area contributed by atoms with Crippen molar-refractivity contribution >= 4 is 5.69 Å². The molecule has 0 unspecified atom stereocenters. The van der Waals surface area contributed by atoms with Crippen LogP contribution in [0.5, 0.6) is 5.88 Å². The Morgan fingerprint density at radius 3 is 2.89 bits per heavy atom. The number of nitrogens with one attached hydrogen (secondary N) is 1. The Labute approximate surface area is 111 Å². The first-order chi connectivity index (χ1) is 9.19. The maximum absolute atomic E-state index is 11.4. The molecular formula is C14H17N3O2. The highest BCUT2D eigenvalue weighted by molar-refractivity contribution is 5.46. The Kier molecular flexibility index (Phi) is 4.18. The van der Waals surface area contributed by atoms with Gasteiger partial charge in [-0.3, -0.25) is 4.79 Å². The summed E-state index contributed by atoms with van der Waals surface area (Å²) in [6.45, 7) is 2.36. The van der Waals surface area contributed by atoms with Crippen molar-refractivity contribution in [2.45, 2.75) is 19.8 Å². The van der Waals surface area contributed by atoms with E-state index in [2.05, 4.69) is 9.97 Å². The summed E-state index contributed by atoms with van der Waals surface area (Å²) in [5, 5.41) is 0. The van der Waals surface area contributed by atoms with Crippen molar-refractivity contribution in [3.8, 4) is 5.88 Å². The second-order valence-corrected chi connectivity index (χ2v) is 4.18. The Hall–Kier alpha value is -2.30. The minimum Gasteiger partial charge on any atom is -0.477 e. The van der Waals surface area contributed by atoms with Crippen molar-refractivity contribution in [2.24, 2.45) is 0 Å². The molecule has 0 aliphatic carbocycles. The predicted molar refractivity (Wildman–Crippen MR) is 74.3 cm³/mol. The lowest BCUT2D eigenvalue weighted by Crippen LogP contribution is -2.13. The smallest absolute Gasteiger partial charge is 0.254 e. The topological polar surface area (TPSA) is 81.0 Å². The molecule has 1 heterocycles. The predicted octanol–water partition coefficient (Wildman–Crippen LogP) is 1.54. The van der Waals surface area contributed by atoms with Crippen LogP contribution in [-0.2, 0) is 12.8 Å². The third-order valence-corrected chi connectivity index (χ3v) is 2.78. The van der Waals surface area contributed by atoms with Crippen molar-refractivity contribution in [3.05, 3.63) is 52.1 Å². The minimum atomic E-state index is -0.193. The number of ether oxygens (including phenoxy) is 1. The lowest BCUT2D eigenvalue weighted by Gasteiger charge is -2.07. The van der Waals surface area contributed by atoms with Crippen LogP contribution in [0, 0.1) is 0 Å². The van der Waals surface area contributed by atoms with E-state index in [1.54, 1.807) is 0 Å². The third kappa shape index (κ3) is 3.58. The standard InChI is InChI=1S/C14H17N3O2/c1-2-12-16-13(18)9-14(17-12)19-8-7-10-5-3-4-6-11(10)15/h3-6,9H,2,7-8,15H2,1H3,(H,16,17,18). The van der Waals surface area contributed by atoms with Gasteiger partial charge in [0.25, 0.3) is 5.56 Å². The number of nitrogens with zero attached hydrogens (tertiary/aromatic N) is 1. The van der Waals surface area contributed by atoms with E-state index >= 15 is 0 Å². The monoisotopic (exact) mass is 259 g/mol. The zero-order valence-electron chi connectivity index (χ0n) is 10.8. The van der Waals surface area contributed by atoms with E-state index in [-0.39, 0.29) is 5.56 Å². The number of hydrogen-bond donors (Lipinski definition) is 2. The van der Waals surface area contributed by atoms with Crippen LogP contribution in [0.25, 0.3) is 0 Å². The van der Waals surface area contributed by atoms with Crippen LogP contribution < -0.4 is 16.0 Å². The van der Waals surface area contributed by atoms with Gasteiger partial charge in [0.05, 0.1) is 12.7 Å². The molecular weight excluding hydrogens is 242 g/mol. The van der Waals surface area contributed by atoms with E-state index in [0.29, 0.717) is 31.2 Å². The zero-order valence-corrected chi connectivity index (χ0v) is 10.8. The molecule has 0 saturated heterocycles. The Morgan fingerprint density at radius 2 is 2.16 bits per heavy atom. The van der Waals surface area contributed by atoms with Gasteiger partial charge in [-0.05, 0) is 11.6 Å². The van der Waals surface area contributed by atoms with Crippen molar-refractivity contribution in [1.29, 1.82) is 0 Å². The van der Waals surface area contributed by atoms with Crippen LogP contribution in [0.2, 0.25) is 0 Å². The fourth-order valence-electron chi connectivity index (χ4n) is 1.75. The first-order valence-corrected chi connectivity index (χ1v) is 6.25. The molecule has 19 heavy (non-hydrogen) atoms. The molecule has 0 fully saturated rings. The van der Waals surface area contributed by atoms with Crippen molar-refractivity contribution in [2.75, 3.05) is 12.3 Å². The number of nitrogen functional groups attached to an aromatic ring is 1. The molecule has 5 heteroatoms. The van der Waals surface area contributed by atoms with Crippen LogP contribution in [0.1, 0.15) is 18.3 Å². The number of anilines is 1. The highest BCUT2D eigenvalue weighted by Gasteiger charge is 2.02. The van der Waals surface area contributed by atoms with E-state index in [9.17, 15) is 4.79 Å². The largest absolute Gasteiger partial charge is 0.477 e. The van der Waals surface area contributed by atoms with Gasteiger partial charge in [0.1, 0.15) is 5.82 Å². The SMILES string of the molecule is CCc1nc(OCCc2ccccc2N)cc(=O)[nH]1. The van der Waals surface area contributed by atoms with E-state index in [1.807, 2.05) is 31.2 Å². The Balaban J connectivity index is 1.98. The maximum Gasteiger partial charge on any atom is 0.254 e. The maximum atomic E-state index is 11.4. The van der Waals surface area contributed by atoms with Crippen LogP contribution in [0.4, 0.5) is 5.69 Å². The zero-order chi connectivity index (χ0) is 13.7. The molecule has 0 aliphatic rings. The number of rotatable bonds is 5. The van der Waals surface area contributed by atoms with Crippen LogP contribution in [0.3, 0.4) is 0 Å². The van der Waals surface area contributed by atoms with E-state index in [1.165, 1.54) is 6.07 Å². The first kappa shape index (κ1) is 13.1. The number of aryl methyl sites for hydroxylation is 1. The molecule has 5 nitrogen and oxygen atoms in total. The van der Waals surface area contributed by atoms with E-state index < -0.39 is 0 Å². The molecule has 2 rings (SSSR count). The van der Waals surface area contributed by atoms with Crippen LogP contribution >= 0.6 is 0 Å². The van der Waals surface area contributed by atoms with Gasteiger partial charge in [-0.2, -0.15) is 0 Å². The quantitative estimate of drug-likeness (QED) is 0.798. The highest BCUT2D eigenvalue weighted by Crippen LogP contribution is 2.11. The average molecular weight is 259 g/mol. The Morgan fingerprint density at radius 1 is 1.37 bits per heavy atom. The van der Waals surface area contributed by atoms with Gasteiger partial charge < -0.3 is 15.5 Å². The van der Waals surface area contributed by atoms with Gasteiger partial charge in [0.2, 0.25) is 5.88 Å². The second-order valence-electron chi connectivity index (χ2n) is 4.18. The number of H-pyrrole nitrogens is 1. The van der Waals surface area contributed by atoms with Crippen molar-refractivity contribution in [1.82, 2.24) is 9.97 Å². The van der Waals surface area contributed by atoms with Gasteiger partial charge in [-0.1, -0.05) is 25.1 Å². The molecule has 0 atom stereocenters. The number of hydrogen-bond acceptors (Lipinski definition) is 4. The van der Waals surface area contributed by atoms with Gasteiger partial charge >= 0.3 is 0 Å². The van der Waals surface area contributed by atoms with Gasteiger partial charge in [-0.25, -0.2) is 4.98 Å². The summed E-state index contributed by atoms with van der Waals surface area (Å²) in [7, 11) is 0. The van der Waals surface area contributed by atoms with E-state index in [0.717, 1.165) is 11.3 Å². The summed E-state index contributed by atoms with van der Waals surface area (Å²) in [6, 6.07) is 9.00. The fraction of sp³-hybridized carbons (Fsp3) is 0.286. The van der Waals surface area contributed by atoms with Crippen molar-refractivity contribution in [3.63, 3.8) is 0 Å². The summed E-state index contributed by atoms with van der Waals surface area (Å²) in [4.78, 5) is 18.2. The summed E-state index contributed by atoms with van der Waals surface area (Å²) in [6.07, 6.45) is 1.35. The molecule has 0 aliphatic heterocycles. The lowest BCUT2D eigenvalue weighted by molar-refractivity contribution is 0.307. The molecule has 100 valence electrons. The first-order valence-electron chi connectivity index (χ1n) is 6.25. The van der Waals surface area contributed by atoms with Gasteiger partial charge in [-0.15, -0.1) is 0 Å². The molecule has 0 radical (unpaired) electrons. The number of para-hydroxylation sites is 1. The molecule has 0 amide bonds. The molecule has 1 aromatic carbocycles. The number of nitrogens with two attached hydrogens (primary N) is 1.